The van der Waals surface area contributed by atoms with E-state index in [-0.39, 0.29) is 0 Å². The molecule has 0 amide bonds. The summed E-state index contributed by atoms with van der Waals surface area (Å²) in [5.74, 6) is 0. The van der Waals surface area contributed by atoms with Gasteiger partial charge in [0.25, 0.3) is 0 Å². The van der Waals surface area contributed by atoms with E-state index < -0.39 is 0 Å². The third-order valence-electron chi connectivity index (χ3n) is 3.82. The van der Waals surface area contributed by atoms with Gasteiger partial charge < -0.3 is 4.74 Å². The first kappa shape index (κ1) is 10.5. The van der Waals surface area contributed by atoms with Crippen LogP contribution in [0.1, 0.15) is 70.6 Å². The monoisotopic (exact) mass is 196 g/mol. The summed E-state index contributed by atoms with van der Waals surface area (Å²) in [6, 6.07) is 0. The van der Waals surface area contributed by atoms with Crippen LogP contribution in [-0.2, 0) is 4.74 Å². The topological polar surface area (TPSA) is 12.5 Å². The Hall–Kier alpha value is -0.0400. The van der Waals surface area contributed by atoms with Crippen LogP contribution in [-0.4, -0.2) is 12.2 Å². The first-order valence-electron chi connectivity index (χ1n) is 6.55. The van der Waals surface area contributed by atoms with Gasteiger partial charge in [-0.2, -0.15) is 0 Å². The lowest BCUT2D eigenvalue weighted by Crippen LogP contribution is -2.10. The molecule has 0 atom stereocenters. The predicted octanol–water partition coefficient (Wildman–Crippen LogP) is 4.06. The molecule has 1 heterocycles. The van der Waals surface area contributed by atoms with Crippen LogP contribution in [0.25, 0.3) is 0 Å². The largest absolute Gasteiger partial charge is 0.370 e. The van der Waals surface area contributed by atoms with Crippen LogP contribution in [0, 0.1) is 0 Å². The lowest BCUT2D eigenvalue weighted by molar-refractivity contribution is 0.259. The van der Waals surface area contributed by atoms with E-state index in [0.29, 0.717) is 5.60 Å². The van der Waals surface area contributed by atoms with E-state index >= 15 is 0 Å². The van der Waals surface area contributed by atoms with E-state index in [2.05, 4.69) is 0 Å². The summed E-state index contributed by atoms with van der Waals surface area (Å²) in [7, 11) is 0. The highest BCUT2D eigenvalue weighted by atomic mass is 16.6. The molecular formula is C13H24O. The van der Waals surface area contributed by atoms with Crippen molar-refractivity contribution in [2.45, 2.75) is 76.2 Å². The molecule has 1 aliphatic carbocycles. The minimum Gasteiger partial charge on any atom is -0.370 e. The van der Waals surface area contributed by atoms with Gasteiger partial charge >= 0.3 is 0 Å². The number of hydrogen-bond donors (Lipinski definition) is 0. The zero-order chi connectivity index (χ0) is 9.69. The van der Waals surface area contributed by atoms with Crippen LogP contribution in [0.5, 0.6) is 0 Å². The van der Waals surface area contributed by atoms with Crippen LogP contribution in [0.3, 0.4) is 0 Å². The molecule has 0 aromatic carbocycles. The van der Waals surface area contributed by atoms with Crippen molar-refractivity contribution in [3.8, 4) is 0 Å². The number of ether oxygens (including phenoxy) is 1. The van der Waals surface area contributed by atoms with E-state index in [4.69, 9.17) is 4.74 Å². The average Bonchev–Trinajstić information content (AvgIpc) is 2.92. The Morgan fingerprint density at radius 1 is 0.571 bits per heavy atom. The molecule has 14 heavy (non-hydrogen) atoms. The fraction of sp³-hybridized carbons (Fsp3) is 1.00. The second-order valence-corrected chi connectivity index (χ2v) is 5.15. The van der Waals surface area contributed by atoms with Gasteiger partial charge in [0.05, 0.1) is 12.2 Å². The highest BCUT2D eigenvalue weighted by Gasteiger charge is 2.42. The molecule has 0 aromatic rings. The van der Waals surface area contributed by atoms with Crippen LogP contribution in [0.2, 0.25) is 0 Å². The summed E-state index contributed by atoms with van der Waals surface area (Å²) in [4.78, 5) is 0. The van der Waals surface area contributed by atoms with Gasteiger partial charge in [-0.1, -0.05) is 57.8 Å². The Morgan fingerprint density at radius 2 is 0.929 bits per heavy atom. The smallest absolute Gasteiger partial charge is 0.0916 e. The van der Waals surface area contributed by atoms with E-state index in [9.17, 15) is 0 Å². The third kappa shape index (κ3) is 3.27. The highest BCUT2D eigenvalue weighted by molar-refractivity contribution is 4.91. The Kier molecular flexibility index (Phi) is 3.86. The zero-order valence-corrected chi connectivity index (χ0v) is 9.39. The van der Waals surface area contributed by atoms with E-state index in [1.54, 1.807) is 0 Å². The average molecular weight is 196 g/mol. The number of rotatable bonds is 0. The van der Waals surface area contributed by atoms with Crippen LogP contribution >= 0.6 is 0 Å². The fourth-order valence-corrected chi connectivity index (χ4v) is 2.65. The van der Waals surface area contributed by atoms with Crippen LogP contribution < -0.4 is 0 Å². The van der Waals surface area contributed by atoms with Crippen molar-refractivity contribution >= 4 is 0 Å². The molecule has 1 saturated carbocycles. The predicted molar refractivity (Wildman–Crippen MR) is 59.5 cm³/mol. The molecule has 1 nitrogen and oxygen atoms in total. The molecule has 82 valence electrons. The molecule has 1 saturated heterocycles. The van der Waals surface area contributed by atoms with Crippen molar-refractivity contribution < 1.29 is 4.74 Å². The van der Waals surface area contributed by atoms with E-state index in [1.807, 2.05) is 0 Å². The van der Waals surface area contributed by atoms with Gasteiger partial charge in [-0.05, 0) is 12.8 Å². The van der Waals surface area contributed by atoms with Crippen molar-refractivity contribution in [2.24, 2.45) is 0 Å². The lowest BCUT2D eigenvalue weighted by Gasteiger charge is -2.12. The summed E-state index contributed by atoms with van der Waals surface area (Å²) in [5, 5.41) is 0. The molecule has 1 heteroatoms. The summed E-state index contributed by atoms with van der Waals surface area (Å²) in [6.07, 6.45) is 15.7. The minimum atomic E-state index is 0.374. The lowest BCUT2D eigenvalue weighted by atomic mass is 9.93. The molecule has 2 aliphatic rings. The highest BCUT2D eigenvalue weighted by Crippen LogP contribution is 2.38. The quantitative estimate of drug-likeness (QED) is 0.532. The zero-order valence-electron chi connectivity index (χ0n) is 9.39. The van der Waals surface area contributed by atoms with Crippen molar-refractivity contribution in [2.75, 3.05) is 6.61 Å². The Morgan fingerprint density at radius 3 is 1.29 bits per heavy atom. The van der Waals surface area contributed by atoms with Gasteiger partial charge in [0.15, 0.2) is 0 Å². The van der Waals surface area contributed by atoms with Gasteiger partial charge in [0.1, 0.15) is 0 Å². The van der Waals surface area contributed by atoms with Gasteiger partial charge in [-0.25, -0.2) is 0 Å². The van der Waals surface area contributed by atoms with E-state index in [0.717, 1.165) is 6.61 Å². The van der Waals surface area contributed by atoms with Gasteiger partial charge in [-0.3, -0.25) is 0 Å². The minimum absolute atomic E-state index is 0.374. The van der Waals surface area contributed by atoms with Crippen molar-refractivity contribution in [1.82, 2.24) is 0 Å². The van der Waals surface area contributed by atoms with Crippen LogP contribution in [0.15, 0.2) is 0 Å². The summed E-state index contributed by atoms with van der Waals surface area (Å²) in [5.41, 5.74) is 0.374. The van der Waals surface area contributed by atoms with Crippen molar-refractivity contribution in [3.05, 3.63) is 0 Å². The molecule has 0 N–H and O–H groups in total. The molecule has 1 spiro atoms. The first-order valence-corrected chi connectivity index (χ1v) is 6.55. The maximum atomic E-state index is 5.64. The van der Waals surface area contributed by atoms with Gasteiger partial charge in [-0.15, -0.1) is 0 Å². The Bertz CT molecular complexity index is 147. The van der Waals surface area contributed by atoms with Gasteiger partial charge in [0, 0.05) is 0 Å². The standard InChI is InChI=1S/C13H24O/c1-2-4-6-8-10-13(12-14-13)11-9-7-5-3-1/h1-12H2. The normalized spacial score (nSPS) is 29.1. The maximum absolute atomic E-state index is 5.64. The third-order valence-corrected chi connectivity index (χ3v) is 3.82. The molecule has 1 aliphatic heterocycles. The first-order chi connectivity index (χ1) is 6.91. The van der Waals surface area contributed by atoms with E-state index in [1.165, 1.54) is 70.6 Å². The molecular weight excluding hydrogens is 172 g/mol. The van der Waals surface area contributed by atoms with Crippen LogP contribution in [0.4, 0.5) is 0 Å². The van der Waals surface area contributed by atoms with Crippen molar-refractivity contribution in [3.63, 3.8) is 0 Å². The molecule has 0 aromatic heterocycles. The summed E-state index contributed by atoms with van der Waals surface area (Å²) < 4.78 is 5.64. The maximum Gasteiger partial charge on any atom is 0.0916 e. The molecule has 0 radical (unpaired) electrons. The Labute approximate surface area is 88.2 Å². The van der Waals surface area contributed by atoms with Gasteiger partial charge in [0.2, 0.25) is 0 Å². The SMILES string of the molecule is C1CCCCCC2(CCCCC1)CO2. The molecule has 0 unspecified atom stereocenters. The second kappa shape index (κ2) is 5.16. The summed E-state index contributed by atoms with van der Waals surface area (Å²) >= 11 is 0. The van der Waals surface area contributed by atoms with Crippen molar-refractivity contribution in [1.29, 1.82) is 0 Å². The summed E-state index contributed by atoms with van der Waals surface area (Å²) in [6.45, 7) is 1.06. The molecule has 2 fully saturated rings. The Balaban J connectivity index is 1.71. The number of epoxide rings is 1. The molecule has 0 bridgehead atoms. The fourth-order valence-electron chi connectivity index (χ4n) is 2.65. The number of hydrogen-bond acceptors (Lipinski definition) is 1. The molecule has 2 rings (SSSR count). The second-order valence-electron chi connectivity index (χ2n) is 5.15.